The number of hydrogen-bond donors (Lipinski definition) is 0. The van der Waals surface area contributed by atoms with Crippen molar-refractivity contribution < 1.29 is 4.79 Å². The zero-order valence-electron chi connectivity index (χ0n) is 5.43. The van der Waals surface area contributed by atoms with Crippen LogP contribution in [-0.4, -0.2) is 25.9 Å². The quantitative estimate of drug-likeness (QED) is 0.549. The Morgan fingerprint density at radius 3 is 3.18 bits per heavy atom. The summed E-state index contributed by atoms with van der Waals surface area (Å²) in [7, 11) is 0. The zero-order chi connectivity index (χ0) is 7.68. The van der Waals surface area contributed by atoms with E-state index in [0.717, 1.165) is 0 Å². The summed E-state index contributed by atoms with van der Waals surface area (Å²) in [6.45, 7) is 0. The standard InChI is InChI=1S/C6H3N4O/c11-4-5-8-6-7-2-1-3-10(6)9-5/h1-3H. The Kier molecular flexibility index (Phi) is 1.15. The predicted octanol–water partition coefficient (Wildman–Crippen LogP) is -0.418. The van der Waals surface area contributed by atoms with Crippen LogP contribution in [0, 0.1) is 0 Å². The molecule has 2 heterocycles. The molecular weight excluding hydrogens is 144 g/mol. The smallest absolute Gasteiger partial charge is 0.276 e. The van der Waals surface area contributed by atoms with Crippen molar-refractivity contribution in [1.82, 2.24) is 19.6 Å². The van der Waals surface area contributed by atoms with Crippen LogP contribution in [0.25, 0.3) is 5.78 Å². The van der Waals surface area contributed by atoms with Gasteiger partial charge < -0.3 is 0 Å². The molecule has 0 aliphatic rings. The minimum absolute atomic E-state index is 0.0312. The summed E-state index contributed by atoms with van der Waals surface area (Å²) in [6.07, 6.45) is 4.83. The van der Waals surface area contributed by atoms with Crippen LogP contribution in [0.3, 0.4) is 0 Å². The second kappa shape index (κ2) is 2.12. The highest BCUT2D eigenvalue weighted by Crippen LogP contribution is 1.92. The lowest BCUT2D eigenvalue weighted by atomic mass is 10.7. The van der Waals surface area contributed by atoms with Crippen molar-refractivity contribution in [3.05, 3.63) is 24.3 Å². The van der Waals surface area contributed by atoms with Crippen LogP contribution >= 0.6 is 0 Å². The van der Waals surface area contributed by atoms with E-state index in [2.05, 4.69) is 15.1 Å². The molecule has 0 saturated carbocycles. The molecule has 2 rings (SSSR count). The molecule has 0 aromatic carbocycles. The van der Waals surface area contributed by atoms with Crippen molar-refractivity contribution in [3.63, 3.8) is 0 Å². The Bertz CT molecular complexity index is 361. The summed E-state index contributed by atoms with van der Waals surface area (Å²) in [4.78, 5) is 17.7. The summed E-state index contributed by atoms with van der Waals surface area (Å²) in [5.41, 5.74) is 0. The first-order valence-electron chi connectivity index (χ1n) is 2.96. The Morgan fingerprint density at radius 2 is 2.45 bits per heavy atom. The van der Waals surface area contributed by atoms with Crippen LogP contribution < -0.4 is 0 Å². The number of aromatic nitrogens is 4. The fourth-order valence-corrected chi connectivity index (χ4v) is 0.776. The van der Waals surface area contributed by atoms with Crippen LogP contribution in [0.4, 0.5) is 0 Å². The average Bonchev–Trinajstić information content (AvgIpc) is 2.46. The van der Waals surface area contributed by atoms with Crippen molar-refractivity contribution in [2.24, 2.45) is 0 Å². The van der Waals surface area contributed by atoms with Gasteiger partial charge in [-0.05, 0) is 6.07 Å². The van der Waals surface area contributed by atoms with Gasteiger partial charge in [-0.3, -0.25) is 4.79 Å². The molecule has 0 aliphatic carbocycles. The van der Waals surface area contributed by atoms with E-state index in [1.54, 1.807) is 24.7 Å². The molecule has 0 fully saturated rings. The van der Waals surface area contributed by atoms with Gasteiger partial charge in [-0.1, -0.05) is 0 Å². The molecule has 53 valence electrons. The van der Waals surface area contributed by atoms with Crippen LogP contribution in [0.15, 0.2) is 18.5 Å². The first kappa shape index (κ1) is 5.96. The van der Waals surface area contributed by atoms with Gasteiger partial charge in [0.05, 0.1) is 0 Å². The topological polar surface area (TPSA) is 60.2 Å². The molecule has 0 spiro atoms. The van der Waals surface area contributed by atoms with Gasteiger partial charge in [0.1, 0.15) is 0 Å². The Morgan fingerprint density at radius 1 is 1.55 bits per heavy atom. The zero-order valence-corrected chi connectivity index (χ0v) is 5.43. The van der Waals surface area contributed by atoms with E-state index in [1.165, 1.54) is 4.52 Å². The largest absolute Gasteiger partial charge is 0.281 e. The Labute approximate surface area is 61.7 Å². The van der Waals surface area contributed by atoms with Crippen LogP contribution in [0.2, 0.25) is 0 Å². The summed E-state index contributed by atoms with van der Waals surface area (Å²) in [6, 6.07) is 1.70. The number of rotatable bonds is 1. The highest BCUT2D eigenvalue weighted by Gasteiger charge is 2.00. The lowest BCUT2D eigenvalue weighted by Gasteiger charge is -1.83. The highest BCUT2D eigenvalue weighted by atomic mass is 16.1. The third kappa shape index (κ3) is 0.861. The first-order valence-corrected chi connectivity index (χ1v) is 2.96. The molecule has 0 N–H and O–H groups in total. The van der Waals surface area contributed by atoms with Crippen molar-refractivity contribution in [2.45, 2.75) is 0 Å². The van der Waals surface area contributed by atoms with E-state index in [4.69, 9.17) is 0 Å². The van der Waals surface area contributed by atoms with Crippen LogP contribution in [0.1, 0.15) is 5.82 Å². The third-order valence-corrected chi connectivity index (χ3v) is 1.21. The molecule has 0 amide bonds. The molecule has 1 radical (unpaired) electrons. The number of nitrogens with zero attached hydrogens (tertiary/aromatic N) is 4. The molecule has 0 bridgehead atoms. The maximum absolute atomic E-state index is 10.1. The van der Waals surface area contributed by atoms with E-state index in [9.17, 15) is 4.79 Å². The van der Waals surface area contributed by atoms with Gasteiger partial charge in [0, 0.05) is 12.4 Å². The number of carbonyl (C=O) groups excluding carboxylic acids is 1. The summed E-state index contributed by atoms with van der Waals surface area (Å²) in [5, 5.41) is 3.75. The Hall–Kier alpha value is -1.78. The minimum Gasteiger partial charge on any atom is -0.281 e. The Balaban J connectivity index is 2.78. The normalized spacial score (nSPS) is 10.2. The maximum Gasteiger partial charge on any atom is 0.276 e. The van der Waals surface area contributed by atoms with E-state index in [0.29, 0.717) is 5.78 Å². The monoisotopic (exact) mass is 147 g/mol. The van der Waals surface area contributed by atoms with Gasteiger partial charge >= 0.3 is 0 Å². The first-order chi connectivity index (χ1) is 5.40. The minimum atomic E-state index is 0.0312. The van der Waals surface area contributed by atoms with Gasteiger partial charge in [0.15, 0.2) is 0 Å². The molecule has 2 aromatic heterocycles. The molecule has 0 aliphatic heterocycles. The van der Waals surface area contributed by atoms with E-state index >= 15 is 0 Å². The van der Waals surface area contributed by atoms with Gasteiger partial charge in [0.25, 0.3) is 12.1 Å². The second-order valence-electron chi connectivity index (χ2n) is 1.90. The second-order valence-corrected chi connectivity index (χ2v) is 1.90. The summed E-state index contributed by atoms with van der Waals surface area (Å²) in [5.74, 6) is 0.439. The summed E-state index contributed by atoms with van der Waals surface area (Å²) >= 11 is 0. The van der Waals surface area contributed by atoms with Gasteiger partial charge in [0.2, 0.25) is 5.82 Å². The number of hydrogen-bond acceptors (Lipinski definition) is 4. The van der Waals surface area contributed by atoms with Crippen molar-refractivity contribution in [1.29, 1.82) is 0 Å². The lowest BCUT2D eigenvalue weighted by molar-refractivity contribution is 0.560. The molecule has 11 heavy (non-hydrogen) atoms. The van der Waals surface area contributed by atoms with Crippen LogP contribution in [0.5, 0.6) is 0 Å². The fraction of sp³-hybridized carbons (Fsp3) is 0. The van der Waals surface area contributed by atoms with Gasteiger partial charge in [-0.25, -0.2) is 9.50 Å². The van der Waals surface area contributed by atoms with Gasteiger partial charge in [-0.15, -0.1) is 5.10 Å². The fourth-order valence-electron chi connectivity index (χ4n) is 0.776. The lowest BCUT2D eigenvalue weighted by Crippen LogP contribution is -1.87. The molecule has 0 unspecified atom stereocenters. The van der Waals surface area contributed by atoms with Crippen molar-refractivity contribution in [3.8, 4) is 0 Å². The predicted molar refractivity (Wildman–Crippen MR) is 35.6 cm³/mol. The van der Waals surface area contributed by atoms with Crippen molar-refractivity contribution >= 4 is 12.1 Å². The van der Waals surface area contributed by atoms with E-state index in [-0.39, 0.29) is 5.82 Å². The SMILES string of the molecule is O=[C]c1nc2ncccn2n1. The maximum atomic E-state index is 10.1. The summed E-state index contributed by atoms with van der Waals surface area (Å²) < 4.78 is 1.42. The molecule has 0 saturated heterocycles. The van der Waals surface area contributed by atoms with E-state index in [1.807, 2.05) is 0 Å². The molecular formula is C6H3N4O. The van der Waals surface area contributed by atoms with Crippen molar-refractivity contribution in [2.75, 3.05) is 0 Å². The van der Waals surface area contributed by atoms with Crippen LogP contribution in [-0.2, 0) is 4.79 Å². The molecule has 2 aromatic rings. The molecule has 0 atom stereocenters. The van der Waals surface area contributed by atoms with E-state index < -0.39 is 0 Å². The molecule has 5 heteroatoms. The third-order valence-electron chi connectivity index (χ3n) is 1.21. The number of fused-ring (bicyclic) bond motifs is 1. The average molecular weight is 147 g/mol. The highest BCUT2D eigenvalue weighted by molar-refractivity contribution is 5.69. The van der Waals surface area contributed by atoms with Gasteiger partial charge in [-0.2, -0.15) is 4.98 Å². The molecule has 5 nitrogen and oxygen atoms in total.